The van der Waals surface area contributed by atoms with Crippen LogP contribution in [0, 0.1) is 0 Å². The number of hydrogen-bond acceptors (Lipinski definition) is 6. The highest BCUT2D eigenvalue weighted by atomic mass is 16.5. The first-order chi connectivity index (χ1) is 14.2. The molecule has 4 rings (SSSR count). The standard InChI is InChI=1S/C20H18N6O3/c1-29-16-10-6-5-9-15(16)22-17(27)12-25-13-21-19-18(20(25)28)23-24-26(19)11-14-7-3-2-4-8-14/h2-10,13H,11-12H2,1H3,(H,22,27). The summed E-state index contributed by atoms with van der Waals surface area (Å²) in [4.78, 5) is 29.4. The molecule has 1 N–H and O–H groups in total. The maximum atomic E-state index is 12.7. The molecule has 9 nitrogen and oxygen atoms in total. The van der Waals surface area contributed by atoms with E-state index < -0.39 is 5.56 Å². The molecule has 0 bridgehead atoms. The SMILES string of the molecule is COc1ccccc1NC(=O)Cn1cnc2c(nnn2Cc2ccccc2)c1=O. The van der Waals surface area contributed by atoms with Crippen LogP contribution in [-0.2, 0) is 17.9 Å². The second kappa shape index (κ2) is 7.93. The van der Waals surface area contributed by atoms with Crippen molar-refractivity contribution >= 4 is 22.8 Å². The van der Waals surface area contributed by atoms with Crippen LogP contribution in [0.4, 0.5) is 5.69 Å². The number of fused-ring (bicyclic) bond motifs is 1. The van der Waals surface area contributed by atoms with Gasteiger partial charge in [0.05, 0.1) is 19.3 Å². The highest BCUT2D eigenvalue weighted by Crippen LogP contribution is 2.22. The number of anilines is 1. The van der Waals surface area contributed by atoms with Gasteiger partial charge in [-0.15, -0.1) is 5.10 Å². The molecule has 1 amide bonds. The molecule has 0 aliphatic heterocycles. The van der Waals surface area contributed by atoms with Gasteiger partial charge in [0.1, 0.15) is 18.6 Å². The van der Waals surface area contributed by atoms with E-state index in [1.54, 1.807) is 28.9 Å². The number of nitrogens with zero attached hydrogens (tertiary/aromatic N) is 5. The summed E-state index contributed by atoms with van der Waals surface area (Å²) in [6, 6.07) is 16.7. The van der Waals surface area contributed by atoms with Gasteiger partial charge < -0.3 is 10.1 Å². The van der Waals surface area contributed by atoms with E-state index in [1.807, 2.05) is 30.3 Å². The first-order valence-corrected chi connectivity index (χ1v) is 8.91. The van der Waals surface area contributed by atoms with Crippen molar-refractivity contribution in [3.05, 3.63) is 76.8 Å². The van der Waals surface area contributed by atoms with Gasteiger partial charge >= 0.3 is 0 Å². The van der Waals surface area contributed by atoms with Gasteiger partial charge in [0.15, 0.2) is 11.2 Å². The molecular formula is C20H18N6O3. The van der Waals surface area contributed by atoms with Crippen LogP contribution in [0.1, 0.15) is 5.56 Å². The van der Waals surface area contributed by atoms with E-state index >= 15 is 0 Å². The van der Waals surface area contributed by atoms with Gasteiger partial charge in [0.2, 0.25) is 5.91 Å². The van der Waals surface area contributed by atoms with E-state index in [0.717, 1.165) is 5.56 Å². The molecular weight excluding hydrogens is 372 g/mol. The lowest BCUT2D eigenvalue weighted by atomic mass is 10.2. The van der Waals surface area contributed by atoms with Gasteiger partial charge in [-0.1, -0.05) is 47.7 Å². The van der Waals surface area contributed by atoms with Crippen LogP contribution in [0.3, 0.4) is 0 Å². The number of benzene rings is 2. The highest BCUT2D eigenvalue weighted by Gasteiger charge is 2.15. The Balaban J connectivity index is 1.55. The monoisotopic (exact) mass is 390 g/mol. The average molecular weight is 390 g/mol. The summed E-state index contributed by atoms with van der Waals surface area (Å²) in [6.07, 6.45) is 1.33. The lowest BCUT2D eigenvalue weighted by Gasteiger charge is -2.10. The summed E-state index contributed by atoms with van der Waals surface area (Å²) in [5, 5.41) is 10.7. The number of rotatable bonds is 6. The molecule has 0 atom stereocenters. The number of para-hydroxylation sites is 2. The van der Waals surface area contributed by atoms with Gasteiger partial charge in [-0.2, -0.15) is 0 Å². The number of carbonyl (C=O) groups is 1. The fourth-order valence-corrected chi connectivity index (χ4v) is 2.95. The minimum atomic E-state index is -0.426. The first-order valence-electron chi connectivity index (χ1n) is 8.91. The van der Waals surface area contributed by atoms with Crippen LogP contribution in [-0.4, -0.2) is 37.6 Å². The van der Waals surface area contributed by atoms with Crippen LogP contribution in [0.25, 0.3) is 11.2 Å². The number of ether oxygens (including phenoxy) is 1. The maximum absolute atomic E-state index is 12.7. The zero-order valence-corrected chi connectivity index (χ0v) is 15.6. The van der Waals surface area contributed by atoms with E-state index in [0.29, 0.717) is 23.6 Å². The minimum Gasteiger partial charge on any atom is -0.495 e. The van der Waals surface area contributed by atoms with E-state index in [4.69, 9.17) is 4.74 Å². The molecule has 0 radical (unpaired) electrons. The molecule has 0 aliphatic carbocycles. The predicted molar refractivity (Wildman–Crippen MR) is 107 cm³/mol. The van der Waals surface area contributed by atoms with E-state index in [9.17, 15) is 9.59 Å². The van der Waals surface area contributed by atoms with Gasteiger partial charge in [-0.25, -0.2) is 9.67 Å². The fourth-order valence-electron chi connectivity index (χ4n) is 2.95. The van der Waals surface area contributed by atoms with Crippen molar-refractivity contribution < 1.29 is 9.53 Å². The minimum absolute atomic E-state index is 0.119. The van der Waals surface area contributed by atoms with Gasteiger partial charge in [-0.3, -0.25) is 14.2 Å². The third-order valence-electron chi connectivity index (χ3n) is 4.36. The molecule has 0 fully saturated rings. The quantitative estimate of drug-likeness (QED) is 0.537. The predicted octanol–water partition coefficient (Wildman–Crippen LogP) is 1.68. The second-order valence-corrected chi connectivity index (χ2v) is 6.33. The zero-order chi connectivity index (χ0) is 20.2. The molecule has 146 valence electrons. The first kappa shape index (κ1) is 18.4. The fraction of sp³-hybridized carbons (Fsp3) is 0.150. The Kier molecular flexibility index (Phi) is 5.02. The summed E-state index contributed by atoms with van der Waals surface area (Å²) in [5.74, 6) is 0.153. The zero-order valence-electron chi connectivity index (χ0n) is 15.6. The molecule has 2 heterocycles. The van der Waals surface area contributed by atoms with Crippen LogP contribution >= 0.6 is 0 Å². The second-order valence-electron chi connectivity index (χ2n) is 6.33. The Morgan fingerprint density at radius 3 is 2.66 bits per heavy atom. The lowest BCUT2D eigenvalue weighted by molar-refractivity contribution is -0.116. The Bertz CT molecular complexity index is 1220. The van der Waals surface area contributed by atoms with E-state index in [-0.39, 0.29) is 18.0 Å². The lowest BCUT2D eigenvalue weighted by Crippen LogP contribution is -2.28. The molecule has 4 aromatic rings. The molecule has 2 aromatic heterocycles. The molecule has 0 spiro atoms. The average Bonchev–Trinajstić information content (AvgIpc) is 3.14. The summed E-state index contributed by atoms with van der Waals surface area (Å²) >= 11 is 0. The van der Waals surface area contributed by atoms with Crippen LogP contribution in [0.2, 0.25) is 0 Å². The van der Waals surface area contributed by atoms with Crippen LogP contribution < -0.4 is 15.6 Å². The molecule has 0 aliphatic rings. The molecule has 0 saturated heterocycles. The Labute approximate surface area is 165 Å². The number of aromatic nitrogens is 5. The van der Waals surface area contributed by atoms with Crippen molar-refractivity contribution in [3.63, 3.8) is 0 Å². The number of nitrogens with one attached hydrogen (secondary N) is 1. The number of methoxy groups -OCH3 is 1. The van der Waals surface area contributed by atoms with E-state index in [2.05, 4.69) is 20.6 Å². The van der Waals surface area contributed by atoms with Crippen molar-refractivity contribution in [3.8, 4) is 5.75 Å². The van der Waals surface area contributed by atoms with Gasteiger partial charge in [0, 0.05) is 0 Å². The van der Waals surface area contributed by atoms with E-state index in [1.165, 1.54) is 18.0 Å². The summed E-state index contributed by atoms with van der Waals surface area (Å²) in [5.41, 5.74) is 1.61. The molecule has 9 heteroatoms. The maximum Gasteiger partial charge on any atom is 0.283 e. The van der Waals surface area contributed by atoms with Crippen molar-refractivity contribution in [2.24, 2.45) is 0 Å². The van der Waals surface area contributed by atoms with Crippen molar-refractivity contribution in [1.82, 2.24) is 24.5 Å². The van der Waals surface area contributed by atoms with Crippen molar-refractivity contribution in [2.45, 2.75) is 13.1 Å². The Morgan fingerprint density at radius 1 is 1.10 bits per heavy atom. The Hall–Kier alpha value is -4.01. The highest BCUT2D eigenvalue weighted by molar-refractivity contribution is 5.92. The van der Waals surface area contributed by atoms with Crippen LogP contribution in [0.15, 0.2) is 65.7 Å². The molecule has 29 heavy (non-hydrogen) atoms. The molecule has 0 saturated carbocycles. The van der Waals surface area contributed by atoms with Crippen molar-refractivity contribution in [1.29, 1.82) is 0 Å². The normalized spacial score (nSPS) is 10.8. The third kappa shape index (κ3) is 3.84. The topological polar surface area (TPSA) is 104 Å². The smallest absolute Gasteiger partial charge is 0.283 e. The summed E-state index contributed by atoms with van der Waals surface area (Å²) < 4.78 is 7.98. The molecule has 2 aromatic carbocycles. The summed E-state index contributed by atoms with van der Waals surface area (Å²) in [7, 11) is 1.52. The summed E-state index contributed by atoms with van der Waals surface area (Å²) in [6.45, 7) is 0.244. The largest absolute Gasteiger partial charge is 0.495 e. The third-order valence-corrected chi connectivity index (χ3v) is 4.36. The van der Waals surface area contributed by atoms with Gasteiger partial charge in [-0.05, 0) is 17.7 Å². The van der Waals surface area contributed by atoms with Crippen LogP contribution in [0.5, 0.6) is 5.75 Å². The number of amides is 1. The Morgan fingerprint density at radius 2 is 1.86 bits per heavy atom. The number of hydrogen-bond donors (Lipinski definition) is 1. The molecule has 0 unspecified atom stereocenters. The number of carbonyl (C=O) groups excluding carboxylic acids is 1. The van der Waals surface area contributed by atoms with Gasteiger partial charge in [0.25, 0.3) is 5.56 Å². The van der Waals surface area contributed by atoms with Crippen molar-refractivity contribution in [2.75, 3.05) is 12.4 Å².